The average Bonchev–Trinajstić information content (AvgIpc) is 3.14. The molecule has 0 amide bonds. The van der Waals surface area contributed by atoms with E-state index in [1.54, 1.807) is 23.5 Å². The van der Waals surface area contributed by atoms with Crippen molar-refractivity contribution in [1.29, 1.82) is 0 Å². The number of aldehydes is 1. The topological polar surface area (TPSA) is 51.9 Å². The molecule has 0 spiro atoms. The van der Waals surface area contributed by atoms with Crippen molar-refractivity contribution in [1.82, 2.24) is 0 Å². The number of thiol groups is 1. The summed E-state index contributed by atoms with van der Waals surface area (Å²) < 4.78 is 33.5. The third kappa shape index (κ3) is 3.33. The van der Waals surface area contributed by atoms with E-state index in [0.717, 1.165) is 17.4 Å². The first-order chi connectivity index (χ1) is 14.0. The second-order valence-corrected chi connectivity index (χ2v) is 9.09. The Morgan fingerprint density at radius 2 is 1.67 bits per heavy atom. The van der Waals surface area contributed by atoms with Crippen LogP contribution in [0.1, 0.15) is 38.1 Å². The summed E-state index contributed by atoms with van der Waals surface area (Å²) in [5.74, 6) is 0.0309. The minimum atomic E-state index is -0.632. The second kappa shape index (κ2) is 7.15. The van der Waals surface area contributed by atoms with Crippen LogP contribution in [0.3, 0.4) is 0 Å². The third-order valence-electron chi connectivity index (χ3n) is 5.96. The predicted octanol–water partition coefficient (Wildman–Crippen LogP) is 4.63. The Kier molecular flexibility index (Phi) is 5.00. The summed E-state index contributed by atoms with van der Waals surface area (Å²) >= 11 is 4.47. The number of furan rings is 1. The van der Waals surface area contributed by atoms with E-state index in [4.69, 9.17) is 13.7 Å². The van der Waals surface area contributed by atoms with Gasteiger partial charge in [0, 0.05) is 35.2 Å². The summed E-state index contributed by atoms with van der Waals surface area (Å²) in [5, 5.41) is 0.632. The highest BCUT2D eigenvalue weighted by Crippen LogP contribution is 2.39. The molecule has 1 aromatic heterocycles. The SMILES string of the molecule is CN(S)c1cc2oc(-c3ccc(F)cc3)c(C=O)c2cc1B1OC(C)(C)C(C)(C)O1. The van der Waals surface area contributed by atoms with E-state index in [1.165, 1.54) is 12.1 Å². The first-order valence-corrected chi connectivity index (χ1v) is 10.0. The van der Waals surface area contributed by atoms with Gasteiger partial charge < -0.3 is 18.0 Å². The molecule has 8 heteroatoms. The molecule has 0 aliphatic carbocycles. The lowest BCUT2D eigenvalue weighted by Gasteiger charge is -2.32. The molecule has 2 aromatic carbocycles. The maximum absolute atomic E-state index is 13.3. The van der Waals surface area contributed by atoms with Crippen molar-refractivity contribution < 1.29 is 22.9 Å². The van der Waals surface area contributed by atoms with Crippen LogP contribution < -0.4 is 9.77 Å². The standard InChI is InChI=1S/C22H23BFNO4S/c1-21(2)22(3,4)29-23(28-21)17-10-15-16(12-26)20(13-6-8-14(24)9-7-13)27-19(15)11-18(17)25(5)30/h6-12,30H,1-5H3. The Labute approximate surface area is 180 Å². The van der Waals surface area contributed by atoms with Gasteiger partial charge in [0.05, 0.1) is 16.8 Å². The summed E-state index contributed by atoms with van der Waals surface area (Å²) in [6, 6.07) is 9.49. The molecule has 0 atom stereocenters. The lowest BCUT2D eigenvalue weighted by molar-refractivity contribution is 0.00578. The molecule has 4 rings (SSSR count). The predicted molar refractivity (Wildman–Crippen MR) is 120 cm³/mol. The monoisotopic (exact) mass is 427 g/mol. The zero-order chi connectivity index (χ0) is 21.8. The van der Waals surface area contributed by atoms with Crippen molar-refractivity contribution in [2.24, 2.45) is 0 Å². The largest absolute Gasteiger partial charge is 0.497 e. The number of carbonyl (C=O) groups excluding carboxylic acids is 1. The highest BCUT2D eigenvalue weighted by molar-refractivity contribution is 7.81. The van der Waals surface area contributed by atoms with Crippen LogP contribution in [0.5, 0.6) is 0 Å². The molecular formula is C22H23BFNO4S. The molecule has 30 heavy (non-hydrogen) atoms. The molecule has 5 nitrogen and oxygen atoms in total. The van der Waals surface area contributed by atoms with Crippen LogP contribution in [0.2, 0.25) is 0 Å². The van der Waals surface area contributed by atoms with E-state index in [0.29, 0.717) is 27.9 Å². The van der Waals surface area contributed by atoms with Gasteiger partial charge in [0.15, 0.2) is 6.29 Å². The fourth-order valence-corrected chi connectivity index (χ4v) is 3.71. The number of carbonyl (C=O) groups is 1. The first-order valence-electron chi connectivity index (χ1n) is 9.64. The van der Waals surface area contributed by atoms with Gasteiger partial charge in [-0.25, -0.2) is 4.39 Å². The van der Waals surface area contributed by atoms with Crippen LogP contribution in [0.15, 0.2) is 40.8 Å². The van der Waals surface area contributed by atoms with Gasteiger partial charge in [-0.1, -0.05) is 12.8 Å². The molecule has 156 valence electrons. The van der Waals surface area contributed by atoms with Crippen LogP contribution in [-0.2, 0) is 9.31 Å². The Bertz CT molecular complexity index is 1110. The number of fused-ring (bicyclic) bond motifs is 1. The number of halogens is 1. The summed E-state index contributed by atoms with van der Waals surface area (Å²) in [6.07, 6.45) is 0.753. The Hall–Kier alpha value is -2.29. The van der Waals surface area contributed by atoms with Crippen LogP contribution in [0.4, 0.5) is 10.1 Å². The summed E-state index contributed by atoms with van der Waals surface area (Å²) in [7, 11) is 1.16. The maximum Gasteiger partial charge on any atom is 0.497 e. The van der Waals surface area contributed by atoms with Gasteiger partial charge in [0.25, 0.3) is 0 Å². The lowest BCUT2D eigenvalue weighted by Crippen LogP contribution is -2.41. The second-order valence-electron chi connectivity index (χ2n) is 8.49. The normalized spacial score (nSPS) is 17.5. The van der Waals surface area contributed by atoms with Crippen LogP contribution in [-0.4, -0.2) is 31.7 Å². The molecular weight excluding hydrogens is 404 g/mol. The van der Waals surface area contributed by atoms with Crippen molar-refractivity contribution in [2.75, 3.05) is 11.4 Å². The molecule has 1 aliphatic rings. The summed E-state index contributed by atoms with van der Waals surface area (Å²) in [6.45, 7) is 7.93. The Morgan fingerprint density at radius 3 is 2.20 bits per heavy atom. The number of benzene rings is 2. The van der Waals surface area contributed by atoms with Gasteiger partial charge in [0.2, 0.25) is 0 Å². The molecule has 2 heterocycles. The fraction of sp³-hybridized carbons (Fsp3) is 0.318. The highest BCUT2D eigenvalue weighted by atomic mass is 32.1. The molecule has 0 bridgehead atoms. The van der Waals surface area contributed by atoms with Gasteiger partial charge in [-0.3, -0.25) is 4.79 Å². The number of hydrogen-bond acceptors (Lipinski definition) is 6. The van der Waals surface area contributed by atoms with Crippen LogP contribution >= 0.6 is 12.8 Å². The Balaban J connectivity index is 1.91. The molecule has 0 N–H and O–H groups in total. The van der Waals surface area contributed by atoms with Crippen molar-refractivity contribution in [3.63, 3.8) is 0 Å². The van der Waals surface area contributed by atoms with E-state index in [9.17, 15) is 9.18 Å². The molecule has 1 fully saturated rings. The number of hydrogen-bond donors (Lipinski definition) is 1. The van der Waals surface area contributed by atoms with Gasteiger partial charge >= 0.3 is 7.12 Å². The zero-order valence-electron chi connectivity index (χ0n) is 17.5. The van der Waals surface area contributed by atoms with Crippen molar-refractivity contribution in [2.45, 2.75) is 38.9 Å². The van der Waals surface area contributed by atoms with E-state index in [1.807, 2.05) is 39.8 Å². The van der Waals surface area contributed by atoms with E-state index < -0.39 is 18.3 Å². The first kappa shape index (κ1) is 21.0. The van der Waals surface area contributed by atoms with E-state index in [2.05, 4.69) is 12.8 Å². The quantitative estimate of drug-likeness (QED) is 0.374. The third-order valence-corrected chi connectivity index (χ3v) is 6.17. The van der Waals surface area contributed by atoms with Gasteiger partial charge in [-0.2, -0.15) is 0 Å². The number of rotatable bonds is 4. The maximum atomic E-state index is 13.3. The van der Waals surface area contributed by atoms with Crippen LogP contribution in [0.25, 0.3) is 22.3 Å². The average molecular weight is 427 g/mol. The molecule has 1 saturated heterocycles. The minimum absolute atomic E-state index is 0.357. The molecule has 0 unspecified atom stereocenters. The molecule has 0 radical (unpaired) electrons. The van der Waals surface area contributed by atoms with Gasteiger partial charge in [-0.05, 0) is 58.0 Å². The highest BCUT2D eigenvalue weighted by Gasteiger charge is 2.52. The van der Waals surface area contributed by atoms with Crippen molar-refractivity contribution in [3.05, 3.63) is 47.8 Å². The number of anilines is 1. The van der Waals surface area contributed by atoms with E-state index in [-0.39, 0.29) is 5.82 Å². The van der Waals surface area contributed by atoms with Crippen LogP contribution in [0, 0.1) is 5.82 Å². The molecule has 0 saturated carbocycles. The van der Waals surface area contributed by atoms with Crippen molar-refractivity contribution in [3.8, 4) is 11.3 Å². The lowest BCUT2D eigenvalue weighted by atomic mass is 9.77. The summed E-state index contributed by atoms with van der Waals surface area (Å²) in [4.78, 5) is 12.0. The molecule has 1 aliphatic heterocycles. The van der Waals surface area contributed by atoms with Gasteiger partial charge in [-0.15, -0.1) is 0 Å². The van der Waals surface area contributed by atoms with Gasteiger partial charge in [0.1, 0.15) is 17.2 Å². The minimum Gasteiger partial charge on any atom is -0.455 e. The molecule has 3 aromatic rings. The fourth-order valence-electron chi connectivity index (χ4n) is 3.54. The Morgan fingerprint density at radius 1 is 1.07 bits per heavy atom. The van der Waals surface area contributed by atoms with E-state index >= 15 is 0 Å². The van der Waals surface area contributed by atoms with Crippen molar-refractivity contribution >= 4 is 48.3 Å². The smallest absolute Gasteiger partial charge is 0.455 e. The summed E-state index contributed by atoms with van der Waals surface area (Å²) in [5.41, 5.74) is 1.99. The number of nitrogens with zero attached hydrogens (tertiary/aromatic N) is 1. The zero-order valence-corrected chi connectivity index (χ0v) is 18.4.